The Hall–Kier alpha value is -3.93. The van der Waals surface area contributed by atoms with Crippen LogP contribution in [0.15, 0.2) is 84.1 Å². The Kier molecular flexibility index (Phi) is 4.98. The zero-order valence-corrected chi connectivity index (χ0v) is 17.9. The second kappa shape index (κ2) is 7.96. The molecule has 2 heterocycles. The van der Waals surface area contributed by atoms with Crippen LogP contribution in [0.4, 0.5) is 16.0 Å². The van der Waals surface area contributed by atoms with Crippen LogP contribution in [-0.4, -0.2) is 15.5 Å². The molecule has 1 aromatic heterocycles. The summed E-state index contributed by atoms with van der Waals surface area (Å²) < 4.78 is 15.4. The van der Waals surface area contributed by atoms with Gasteiger partial charge in [-0.05, 0) is 60.9 Å². The first-order valence-corrected chi connectivity index (χ1v) is 10.7. The lowest BCUT2D eigenvalue weighted by Crippen LogP contribution is -2.30. The van der Waals surface area contributed by atoms with Crippen LogP contribution in [0.5, 0.6) is 0 Å². The lowest BCUT2D eigenvalue weighted by atomic mass is 9.93. The van der Waals surface area contributed by atoms with Crippen LogP contribution < -0.4 is 10.6 Å². The average Bonchev–Trinajstić information content (AvgIpc) is 3.17. The van der Waals surface area contributed by atoms with Gasteiger partial charge in [-0.1, -0.05) is 43.3 Å². The number of nitrogens with zero attached hydrogens (tertiary/aromatic N) is 2. The number of amides is 1. The van der Waals surface area contributed by atoms with Gasteiger partial charge in [0.1, 0.15) is 5.82 Å². The van der Waals surface area contributed by atoms with Gasteiger partial charge in [0.05, 0.1) is 22.6 Å². The van der Waals surface area contributed by atoms with Crippen molar-refractivity contribution in [3.05, 3.63) is 101 Å². The molecule has 0 aliphatic carbocycles. The minimum atomic E-state index is -0.356. The van der Waals surface area contributed by atoms with Crippen LogP contribution in [0.25, 0.3) is 11.0 Å². The Morgan fingerprint density at radius 2 is 1.78 bits per heavy atom. The monoisotopic (exact) mass is 426 g/mol. The minimum absolute atomic E-state index is 0.241. The first kappa shape index (κ1) is 20.0. The van der Waals surface area contributed by atoms with Gasteiger partial charge in [0, 0.05) is 11.4 Å². The average molecular weight is 426 g/mol. The number of allylic oxidation sites excluding steroid dienone is 1. The van der Waals surface area contributed by atoms with Crippen molar-refractivity contribution in [2.75, 3.05) is 10.6 Å². The SMILES string of the molecule is CCc1ccc([C@@H]2C(C(=O)Nc3ccc(F)cc3)=C(C)Nc3nc4ccccc4n32)cc1. The van der Waals surface area contributed by atoms with Crippen molar-refractivity contribution >= 4 is 28.6 Å². The first-order valence-electron chi connectivity index (χ1n) is 10.7. The number of imidazole rings is 1. The fourth-order valence-corrected chi connectivity index (χ4v) is 4.24. The van der Waals surface area contributed by atoms with Crippen molar-refractivity contribution in [2.45, 2.75) is 26.3 Å². The van der Waals surface area contributed by atoms with Crippen molar-refractivity contribution in [1.82, 2.24) is 9.55 Å². The maximum atomic E-state index is 13.5. The normalized spacial score (nSPS) is 15.4. The zero-order valence-electron chi connectivity index (χ0n) is 17.9. The maximum absolute atomic E-state index is 13.5. The number of benzene rings is 3. The summed E-state index contributed by atoms with van der Waals surface area (Å²) in [6, 6.07) is 21.7. The van der Waals surface area contributed by atoms with Crippen molar-refractivity contribution < 1.29 is 9.18 Å². The van der Waals surface area contributed by atoms with E-state index in [1.807, 2.05) is 31.2 Å². The number of carbonyl (C=O) groups excluding carboxylic acids is 1. The van der Waals surface area contributed by atoms with Crippen LogP contribution in [-0.2, 0) is 11.2 Å². The molecule has 0 spiro atoms. The zero-order chi connectivity index (χ0) is 22.2. The summed E-state index contributed by atoms with van der Waals surface area (Å²) in [7, 11) is 0. The molecule has 0 fully saturated rings. The number of nitrogens with one attached hydrogen (secondary N) is 2. The summed E-state index contributed by atoms with van der Waals surface area (Å²) in [5, 5.41) is 6.23. The molecule has 2 N–H and O–H groups in total. The topological polar surface area (TPSA) is 59.0 Å². The van der Waals surface area contributed by atoms with Crippen molar-refractivity contribution in [1.29, 1.82) is 0 Å². The molecule has 4 aromatic rings. The first-order chi connectivity index (χ1) is 15.5. The predicted octanol–water partition coefficient (Wildman–Crippen LogP) is 5.67. The van der Waals surface area contributed by atoms with Crippen molar-refractivity contribution in [3.63, 3.8) is 0 Å². The predicted molar refractivity (Wildman–Crippen MR) is 125 cm³/mol. The van der Waals surface area contributed by atoms with Gasteiger partial charge in [-0.3, -0.25) is 9.36 Å². The van der Waals surface area contributed by atoms with E-state index in [1.54, 1.807) is 12.1 Å². The largest absolute Gasteiger partial charge is 0.329 e. The van der Waals surface area contributed by atoms with Gasteiger partial charge in [0.15, 0.2) is 0 Å². The molecule has 0 radical (unpaired) electrons. The van der Waals surface area contributed by atoms with E-state index in [9.17, 15) is 9.18 Å². The fraction of sp³-hybridized carbons (Fsp3) is 0.154. The van der Waals surface area contributed by atoms with Gasteiger partial charge in [0.25, 0.3) is 5.91 Å². The quantitative estimate of drug-likeness (QED) is 0.442. The Labute approximate surface area is 185 Å². The third-order valence-corrected chi connectivity index (χ3v) is 5.88. The number of anilines is 2. The molecule has 1 aliphatic rings. The third-order valence-electron chi connectivity index (χ3n) is 5.88. The second-order valence-electron chi connectivity index (χ2n) is 7.92. The number of carbonyl (C=O) groups is 1. The van der Waals surface area contributed by atoms with E-state index in [0.717, 1.165) is 28.7 Å². The van der Waals surface area contributed by atoms with E-state index >= 15 is 0 Å². The molecule has 3 aromatic carbocycles. The van der Waals surface area contributed by atoms with Crippen molar-refractivity contribution in [2.24, 2.45) is 0 Å². The van der Waals surface area contributed by atoms with Gasteiger partial charge < -0.3 is 10.6 Å². The maximum Gasteiger partial charge on any atom is 0.255 e. The van der Waals surface area contributed by atoms with E-state index < -0.39 is 0 Å². The van der Waals surface area contributed by atoms with Gasteiger partial charge in [0.2, 0.25) is 5.95 Å². The highest BCUT2D eigenvalue weighted by Crippen LogP contribution is 2.39. The van der Waals surface area contributed by atoms with E-state index in [2.05, 4.69) is 46.4 Å². The van der Waals surface area contributed by atoms with Crippen LogP contribution in [0.2, 0.25) is 0 Å². The molecule has 1 amide bonds. The second-order valence-corrected chi connectivity index (χ2v) is 7.92. The molecule has 1 atom stereocenters. The number of fused-ring (bicyclic) bond motifs is 3. The number of hydrogen-bond acceptors (Lipinski definition) is 3. The molecular weight excluding hydrogens is 403 g/mol. The highest BCUT2D eigenvalue weighted by molar-refractivity contribution is 6.06. The number of rotatable bonds is 4. The summed E-state index contributed by atoms with van der Waals surface area (Å²) in [6.45, 7) is 4.00. The van der Waals surface area contributed by atoms with Crippen LogP contribution in [0.1, 0.15) is 31.0 Å². The molecule has 0 bridgehead atoms. The van der Waals surface area contributed by atoms with Crippen molar-refractivity contribution in [3.8, 4) is 0 Å². The molecule has 5 nitrogen and oxygen atoms in total. The highest BCUT2D eigenvalue weighted by Gasteiger charge is 2.34. The van der Waals surface area contributed by atoms with Gasteiger partial charge >= 0.3 is 0 Å². The molecule has 0 saturated carbocycles. The standard InChI is InChI=1S/C26H23FN4O/c1-3-17-8-10-18(11-9-17)24-23(25(32)29-20-14-12-19(27)13-15-20)16(2)28-26-30-21-6-4-5-7-22(21)31(24)26/h4-15,24H,3H2,1-2H3,(H,28,30)(H,29,32)/t24-/m1/s1. The van der Waals surface area contributed by atoms with Gasteiger partial charge in [-0.2, -0.15) is 0 Å². The fourth-order valence-electron chi connectivity index (χ4n) is 4.24. The number of halogens is 1. The number of hydrogen-bond donors (Lipinski definition) is 2. The molecular formula is C26H23FN4O. The molecule has 6 heteroatoms. The molecule has 5 rings (SSSR count). The molecule has 32 heavy (non-hydrogen) atoms. The summed E-state index contributed by atoms with van der Waals surface area (Å²) in [6.07, 6.45) is 0.943. The Bertz CT molecular complexity index is 1340. The van der Waals surface area contributed by atoms with E-state index in [4.69, 9.17) is 4.98 Å². The number of aromatic nitrogens is 2. The summed E-state index contributed by atoms with van der Waals surface area (Å²) in [5.41, 5.74) is 5.90. The summed E-state index contributed by atoms with van der Waals surface area (Å²) in [4.78, 5) is 18.2. The summed E-state index contributed by atoms with van der Waals surface area (Å²) in [5.74, 6) is 0.113. The van der Waals surface area contributed by atoms with E-state index in [-0.39, 0.29) is 17.8 Å². The Balaban J connectivity index is 1.64. The van der Waals surface area contributed by atoms with E-state index in [1.165, 1.54) is 17.7 Å². The number of aryl methyl sites for hydroxylation is 1. The lowest BCUT2D eigenvalue weighted by Gasteiger charge is -2.31. The highest BCUT2D eigenvalue weighted by atomic mass is 19.1. The molecule has 0 saturated heterocycles. The number of para-hydroxylation sites is 2. The van der Waals surface area contributed by atoms with Gasteiger partial charge in [-0.15, -0.1) is 0 Å². The third kappa shape index (κ3) is 3.43. The lowest BCUT2D eigenvalue weighted by molar-refractivity contribution is -0.113. The van der Waals surface area contributed by atoms with Crippen LogP contribution in [0.3, 0.4) is 0 Å². The van der Waals surface area contributed by atoms with Crippen LogP contribution >= 0.6 is 0 Å². The minimum Gasteiger partial charge on any atom is -0.329 e. The molecule has 160 valence electrons. The van der Waals surface area contributed by atoms with E-state index in [0.29, 0.717) is 17.2 Å². The summed E-state index contributed by atoms with van der Waals surface area (Å²) >= 11 is 0. The van der Waals surface area contributed by atoms with Gasteiger partial charge in [-0.25, -0.2) is 9.37 Å². The molecule has 1 aliphatic heterocycles. The Morgan fingerprint density at radius 3 is 2.50 bits per heavy atom. The smallest absolute Gasteiger partial charge is 0.255 e. The van der Waals surface area contributed by atoms with Crippen LogP contribution in [0, 0.1) is 5.82 Å². The molecule has 0 unspecified atom stereocenters. The Morgan fingerprint density at radius 1 is 1.06 bits per heavy atom.